The van der Waals surface area contributed by atoms with Gasteiger partial charge in [0.1, 0.15) is 0 Å². The molecule has 1 heterocycles. The molecule has 1 fully saturated rings. The SMILES string of the molecule is CN=C(NCC(C)SC)NCC(C)(C)N1CCCCC1. The highest BCUT2D eigenvalue weighted by Gasteiger charge is 2.27. The Morgan fingerprint density at radius 2 is 1.90 bits per heavy atom. The third-order valence-electron chi connectivity index (χ3n) is 4.08. The summed E-state index contributed by atoms with van der Waals surface area (Å²) in [7, 11) is 1.84. The molecule has 0 bridgehead atoms. The number of likely N-dealkylation sites (tertiary alicyclic amines) is 1. The van der Waals surface area contributed by atoms with Gasteiger partial charge in [0.2, 0.25) is 0 Å². The van der Waals surface area contributed by atoms with Crippen molar-refractivity contribution in [2.24, 2.45) is 4.99 Å². The fraction of sp³-hybridized carbons (Fsp3) is 0.933. The normalized spacial score (nSPS) is 19.8. The minimum Gasteiger partial charge on any atom is -0.355 e. The van der Waals surface area contributed by atoms with Crippen LogP contribution in [0.25, 0.3) is 0 Å². The first-order valence-electron chi connectivity index (χ1n) is 7.72. The molecule has 0 spiro atoms. The van der Waals surface area contributed by atoms with E-state index in [-0.39, 0.29) is 5.54 Å². The molecule has 0 aromatic heterocycles. The molecule has 1 atom stereocenters. The van der Waals surface area contributed by atoms with Crippen molar-refractivity contribution >= 4 is 17.7 Å². The van der Waals surface area contributed by atoms with E-state index >= 15 is 0 Å². The number of piperidine rings is 1. The van der Waals surface area contributed by atoms with Gasteiger partial charge in [0.15, 0.2) is 5.96 Å². The van der Waals surface area contributed by atoms with E-state index in [9.17, 15) is 0 Å². The molecule has 20 heavy (non-hydrogen) atoms. The number of thioether (sulfide) groups is 1. The molecule has 0 aliphatic carbocycles. The van der Waals surface area contributed by atoms with Crippen molar-refractivity contribution in [3.8, 4) is 0 Å². The van der Waals surface area contributed by atoms with E-state index in [2.05, 4.69) is 47.6 Å². The zero-order valence-corrected chi connectivity index (χ0v) is 14.6. The molecule has 0 saturated carbocycles. The van der Waals surface area contributed by atoms with Crippen LogP contribution in [0.1, 0.15) is 40.0 Å². The summed E-state index contributed by atoms with van der Waals surface area (Å²) in [4.78, 5) is 6.91. The number of hydrogen-bond donors (Lipinski definition) is 2. The van der Waals surface area contributed by atoms with Gasteiger partial charge in [-0.3, -0.25) is 9.89 Å². The lowest BCUT2D eigenvalue weighted by Gasteiger charge is -2.41. The molecule has 0 aromatic rings. The van der Waals surface area contributed by atoms with Crippen molar-refractivity contribution in [2.45, 2.75) is 50.8 Å². The van der Waals surface area contributed by atoms with Gasteiger partial charge >= 0.3 is 0 Å². The third kappa shape index (κ3) is 5.92. The van der Waals surface area contributed by atoms with Gasteiger partial charge in [-0.2, -0.15) is 11.8 Å². The van der Waals surface area contributed by atoms with Crippen LogP contribution in [-0.2, 0) is 0 Å². The molecule has 5 heteroatoms. The lowest BCUT2D eigenvalue weighted by Crippen LogP contribution is -2.55. The van der Waals surface area contributed by atoms with Crippen LogP contribution in [-0.4, -0.2) is 61.1 Å². The highest BCUT2D eigenvalue weighted by atomic mass is 32.2. The highest BCUT2D eigenvalue weighted by molar-refractivity contribution is 7.99. The number of guanidine groups is 1. The quantitative estimate of drug-likeness (QED) is 0.582. The predicted octanol–water partition coefficient (Wildman–Crippen LogP) is 2.17. The predicted molar refractivity (Wildman–Crippen MR) is 91.8 cm³/mol. The fourth-order valence-corrected chi connectivity index (χ4v) is 2.71. The van der Waals surface area contributed by atoms with Crippen LogP contribution in [0.15, 0.2) is 4.99 Å². The van der Waals surface area contributed by atoms with E-state index in [1.165, 1.54) is 32.4 Å². The standard InChI is InChI=1S/C15H32N4S/c1-13(20-5)11-17-14(16-4)18-12-15(2,3)19-9-7-6-8-10-19/h13H,6-12H2,1-5H3,(H2,16,17,18). The van der Waals surface area contributed by atoms with Crippen LogP contribution >= 0.6 is 11.8 Å². The zero-order chi connectivity index (χ0) is 15.0. The molecule has 118 valence electrons. The average Bonchev–Trinajstić information content (AvgIpc) is 2.48. The van der Waals surface area contributed by atoms with Crippen molar-refractivity contribution < 1.29 is 0 Å². The molecule has 1 unspecified atom stereocenters. The molecule has 1 saturated heterocycles. The van der Waals surface area contributed by atoms with E-state index in [1.54, 1.807) is 0 Å². The monoisotopic (exact) mass is 300 g/mol. The maximum Gasteiger partial charge on any atom is 0.191 e. The fourth-order valence-electron chi connectivity index (χ4n) is 2.46. The number of rotatable bonds is 6. The van der Waals surface area contributed by atoms with Gasteiger partial charge < -0.3 is 10.6 Å². The summed E-state index contributed by atoms with van der Waals surface area (Å²) in [5, 5.41) is 7.47. The second-order valence-corrected chi connectivity index (χ2v) is 7.49. The Morgan fingerprint density at radius 3 is 2.45 bits per heavy atom. The maximum absolute atomic E-state index is 4.31. The largest absolute Gasteiger partial charge is 0.355 e. The van der Waals surface area contributed by atoms with E-state index in [1.807, 2.05) is 18.8 Å². The molecular formula is C15H32N4S. The van der Waals surface area contributed by atoms with Gasteiger partial charge in [-0.1, -0.05) is 13.3 Å². The zero-order valence-electron chi connectivity index (χ0n) is 13.8. The molecular weight excluding hydrogens is 268 g/mol. The summed E-state index contributed by atoms with van der Waals surface area (Å²) < 4.78 is 0. The summed E-state index contributed by atoms with van der Waals surface area (Å²) in [6, 6.07) is 0. The van der Waals surface area contributed by atoms with Crippen LogP contribution in [0, 0.1) is 0 Å². The van der Waals surface area contributed by atoms with Gasteiger partial charge in [-0.05, 0) is 46.0 Å². The summed E-state index contributed by atoms with van der Waals surface area (Å²) >= 11 is 1.87. The van der Waals surface area contributed by atoms with E-state index in [0.29, 0.717) is 5.25 Å². The first-order chi connectivity index (χ1) is 9.49. The minimum absolute atomic E-state index is 0.184. The van der Waals surface area contributed by atoms with Gasteiger partial charge in [0.25, 0.3) is 0 Å². The van der Waals surface area contributed by atoms with Crippen molar-refractivity contribution in [2.75, 3.05) is 39.5 Å². The van der Waals surface area contributed by atoms with Crippen molar-refractivity contribution in [1.82, 2.24) is 15.5 Å². The molecule has 0 aromatic carbocycles. The van der Waals surface area contributed by atoms with Crippen LogP contribution in [0.4, 0.5) is 0 Å². The van der Waals surface area contributed by atoms with E-state index in [0.717, 1.165) is 19.0 Å². The van der Waals surface area contributed by atoms with Crippen LogP contribution < -0.4 is 10.6 Å². The topological polar surface area (TPSA) is 39.7 Å². The second kappa shape index (κ2) is 8.78. The average molecular weight is 301 g/mol. The lowest BCUT2D eigenvalue weighted by atomic mass is 9.98. The Morgan fingerprint density at radius 1 is 1.25 bits per heavy atom. The Hall–Kier alpha value is -0.420. The van der Waals surface area contributed by atoms with Crippen molar-refractivity contribution in [3.05, 3.63) is 0 Å². The Kier molecular flexibility index (Phi) is 7.74. The molecule has 1 rings (SSSR count). The smallest absolute Gasteiger partial charge is 0.191 e. The number of hydrogen-bond acceptors (Lipinski definition) is 3. The second-order valence-electron chi connectivity index (χ2n) is 6.21. The van der Waals surface area contributed by atoms with Gasteiger partial charge in [-0.15, -0.1) is 0 Å². The Balaban J connectivity index is 2.38. The molecule has 4 nitrogen and oxygen atoms in total. The molecule has 0 amide bonds. The van der Waals surface area contributed by atoms with Gasteiger partial charge in [0, 0.05) is 30.9 Å². The van der Waals surface area contributed by atoms with E-state index in [4.69, 9.17) is 0 Å². The maximum atomic E-state index is 4.31. The van der Waals surface area contributed by atoms with Crippen molar-refractivity contribution in [1.29, 1.82) is 0 Å². The van der Waals surface area contributed by atoms with Crippen LogP contribution in [0.5, 0.6) is 0 Å². The Bertz CT molecular complexity index is 298. The van der Waals surface area contributed by atoms with Crippen molar-refractivity contribution in [3.63, 3.8) is 0 Å². The summed E-state index contributed by atoms with van der Waals surface area (Å²) in [5.74, 6) is 0.913. The summed E-state index contributed by atoms with van der Waals surface area (Å²) in [5.41, 5.74) is 0.184. The Labute approximate surface area is 129 Å². The molecule has 2 N–H and O–H groups in total. The highest BCUT2D eigenvalue weighted by Crippen LogP contribution is 2.19. The molecule has 1 aliphatic heterocycles. The summed E-state index contributed by atoms with van der Waals surface area (Å²) in [6.45, 7) is 11.2. The number of nitrogens with one attached hydrogen (secondary N) is 2. The molecule has 0 radical (unpaired) electrons. The third-order valence-corrected chi connectivity index (χ3v) is 5.05. The first kappa shape index (κ1) is 17.6. The van der Waals surface area contributed by atoms with Crippen LogP contribution in [0.2, 0.25) is 0 Å². The van der Waals surface area contributed by atoms with Crippen LogP contribution in [0.3, 0.4) is 0 Å². The van der Waals surface area contributed by atoms with Gasteiger partial charge in [0.05, 0.1) is 0 Å². The summed E-state index contributed by atoms with van der Waals surface area (Å²) in [6.07, 6.45) is 6.20. The van der Waals surface area contributed by atoms with E-state index < -0.39 is 0 Å². The number of nitrogens with zero attached hydrogens (tertiary/aromatic N) is 2. The minimum atomic E-state index is 0.184. The van der Waals surface area contributed by atoms with Gasteiger partial charge in [-0.25, -0.2) is 0 Å². The number of aliphatic imine (C=N–C) groups is 1. The lowest BCUT2D eigenvalue weighted by molar-refractivity contribution is 0.0982. The first-order valence-corrected chi connectivity index (χ1v) is 9.00. The molecule has 1 aliphatic rings.